The molecule has 0 radical (unpaired) electrons. The second-order valence-electron chi connectivity index (χ2n) is 5.52. The first-order chi connectivity index (χ1) is 12.7. The molecule has 0 saturated heterocycles. The molecule has 4 aromatic rings. The lowest BCUT2D eigenvalue weighted by atomic mass is 10.2. The Morgan fingerprint density at radius 1 is 1.08 bits per heavy atom. The lowest BCUT2D eigenvalue weighted by molar-refractivity contribution is 0.393. The molecule has 0 aliphatic rings. The van der Waals surface area contributed by atoms with Gasteiger partial charge in [0.1, 0.15) is 11.5 Å². The highest BCUT2D eigenvalue weighted by Gasteiger charge is 2.12. The minimum Gasteiger partial charge on any atom is -0.497 e. The summed E-state index contributed by atoms with van der Waals surface area (Å²) in [4.78, 5) is 17.7. The molecule has 2 aromatic heterocycles. The largest absolute Gasteiger partial charge is 0.497 e. The van der Waals surface area contributed by atoms with Gasteiger partial charge in [-0.15, -0.1) is 5.10 Å². The smallest absolute Gasteiger partial charge is 0.291 e. The second kappa shape index (κ2) is 6.61. The van der Waals surface area contributed by atoms with Gasteiger partial charge in [0.25, 0.3) is 5.56 Å². The number of hydrogen-bond donors (Lipinski definition) is 0. The summed E-state index contributed by atoms with van der Waals surface area (Å²) < 4.78 is 12.5. The Bertz CT molecular complexity index is 1180. The first kappa shape index (κ1) is 16.3. The van der Waals surface area contributed by atoms with E-state index in [1.807, 2.05) is 42.5 Å². The summed E-state index contributed by atoms with van der Waals surface area (Å²) in [5.41, 5.74) is 1.47. The maximum absolute atomic E-state index is 12.7. The Morgan fingerprint density at radius 2 is 1.88 bits per heavy atom. The van der Waals surface area contributed by atoms with Crippen LogP contribution < -0.4 is 19.6 Å². The summed E-state index contributed by atoms with van der Waals surface area (Å²) in [6.07, 6.45) is 1.78. The molecule has 2 aromatic carbocycles. The molecule has 7 heteroatoms. The molecular formula is C19H15N3O3S. The Labute approximate surface area is 153 Å². The average Bonchev–Trinajstić information content (AvgIpc) is 3.22. The highest BCUT2D eigenvalue weighted by molar-refractivity contribution is 7.15. The zero-order chi connectivity index (χ0) is 18.1. The van der Waals surface area contributed by atoms with E-state index in [-0.39, 0.29) is 5.56 Å². The van der Waals surface area contributed by atoms with Crippen LogP contribution in [-0.2, 0) is 0 Å². The highest BCUT2D eigenvalue weighted by atomic mass is 32.1. The summed E-state index contributed by atoms with van der Waals surface area (Å²) in [7, 11) is 3.18. The lowest BCUT2D eigenvalue weighted by Crippen LogP contribution is -2.23. The number of aromatic nitrogens is 3. The van der Waals surface area contributed by atoms with Crippen LogP contribution in [0.1, 0.15) is 5.56 Å². The second-order valence-corrected chi connectivity index (χ2v) is 6.53. The van der Waals surface area contributed by atoms with Gasteiger partial charge in [0.15, 0.2) is 5.82 Å². The van der Waals surface area contributed by atoms with Crippen molar-refractivity contribution < 1.29 is 9.47 Å². The summed E-state index contributed by atoms with van der Waals surface area (Å²) in [6.45, 7) is 0. The predicted octanol–water partition coefficient (Wildman–Crippen LogP) is 2.38. The molecule has 2 heterocycles. The fraction of sp³-hybridized carbons (Fsp3) is 0.105. The molecule has 0 spiro atoms. The minimum atomic E-state index is -0.197. The number of thiazole rings is 1. The van der Waals surface area contributed by atoms with Crippen molar-refractivity contribution in [1.29, 1.82) is 0 Å². The SMILES string of the molecule is COc1ccc(/C=c2\sc3nc(-c4ccccc4)nn3c2=O)c(OC)c1. The summed E-state index contributed by atoms with van der Waals surface area (Å²) >= 11 is 1.30. The molecule has 6 nitrogen and oxygen atoms in total. The fourth-order valence-corrected chi connectivity index (χ4v) is 3.52. The molecule has 26 heavy (non-hydrogen) atoms. The van der Waals surface area contributed by atoms with Gasteiger partial charge in [-0.3, -0.25) is 4.79 Å². The molecule has 0 saturated carbocycles. The van der Waals surface area contributed by atoms with Crippen LogP contribution >= 0.6 is 11.3 Å². The van der Waals surface area contributed by atoms with E-state index in [4.69, 9.17) is 9.47 Å². The van der Waals surface area contributed by atoms with Crippen LogP contribution in [0.2, 0.25) is 0 Å². The van der Waals surface area contributed by atoms with Crippen LogP contribution in [0.5, 0.6) is 11.5 Å². The third-order valence-electron chi connectivity index (χ3n) is 3.94. The molecule has 0 bridgehead atoms. The average molecular weight is 365 g/mol. The van der Waals surface area contributed by atoms with Crippen LogP contribution in [0.4, 0.5) is 0 Å². The number of rotatable bonds is 4. The standard InChI is InChI=1S/C19H15N3O3S/c1-24-14-9-8-13(15(11-14)25-2)10-16-18(23)22-19(26-16)20-17(21-22)12-6-4-3-5-7-12/h3-11H,1-2H3/b16-10-. The van der Waals surface area contributed by atoms with Gasteiger partial charge in [0.05, 0.1) is 18.8 Å². The number of nitrogens with zero attached hydrogens (tertiary/aromatic N) is 3. The van der Waals surface area contributed by atoms with E-state index in [0.717, 1.165) is 11.1 Å². The Kier molecular flexibility index (Phi) is 4.14. The van der Waals surface area contributed by atoms with E-state index >= 15 is 0 Å². The zero-order valence-corrected chi connectivity index (χ0v) is 15.0. The minimum absolute atomic E-state index is 0.197. The van der Waals surface area contributed by atoms with Crippen molar-refractivity contribution in [3.05, 3.63) is 69.0 Å². The van der Waals surface area contributed by atoms with Gasteiger partial charge >= 0.3 is 0 Å². The van der Waals surface area contributed by atoms with Gasteiger partial charge < -0.3 is 9.47 Å². The van der Waals surface area contributed by atoms with E-state index in [2.05, 4.69) is 10.1 Å². The molecule has 0 aliphatic heterocycles. The first-order valence-electron chi connectivity index (χ1n) is 7.88. The van der Waals surface area contributed by atoms with E-state index in [1.54, 1.807) is 26.4 Å². The number of benzene rings is 2. The van der Waals surface area contributed by atoms with E-state index in [1.165, 1.54) is 15.9 Å². The van der Waals surface area contributed by atoms with Crippen molar-refractivity contribution >= 4 is 22.4 Å². The summed E-state index contributed by atoms with van der Waals surface area (Å²) in [5.74, 6) is 1.87. The Balaban J connectivity index is 1.81. The summed E-state index contributed by atoms with van der Waals surface area (Å²) in [5, 5.41) is 4.35. The third kappa shape index (κ3) is 2.82. The van der Waals surface area contributed by atoms with Crippen LogP contribution in [0.15, 0.2) is 53.3 Å². The molecule has 0 atom stereocenters. The molecule has 0 unspecified atom stereocenters. The van der Waals surface area contributed by atoms with Gasteiger partial charge in [0, 0.05) is 17.2 Å². The van der Waals surface area contributed by atoms with Gasteiger partial charge in [-0.05, 0) is 18.2 Å². The normalized spacial score (nSPS) is 11.8. The fourth-order valence-electron chi connectivity index (χ4n) is 2.62. The van der Waals surface area contributed by atoms with E-state index < -0.39 is 0 Å². The quantitative estimate of drug-likeness (QED) is 0.556. The maximum atomic E-state index is 12.7. The predicted molar refractivity (Wildman–Crippen MR) is 101 cm³/mol. The van der Waals surface area contributed by atoms with Crippen molar-refractivity contribution in [1.82, 2.24) is 14.6 Å². The van der Waals surface area contributed by atoms with Crippen molar-refractivity contribution in [2.75, 3.05) is 14.2 Å². The molecule has 130 valence electrons. The highest BCUT2D eigenvalue weighted by Crippen LogP contribution is 2.25. The maximum Gasteiger partial charge on any atom is 0.291 e. The Morgan fingerprint density at radius 3 is 2.58 bits per heavy atom. The number of methoxy groups -OCH3 is 2. The molecule has 0 aliphatic carbocycles. The molecule has 0 N–H and O–H groups in total. The van der Waals surface area contributed by atoms with E-state index in [0.29, 0.717) is 26.8 Å². The lowest BCUT2D eigenvalue weighted by Gasteiger charge is -2.06. The molecular weight excluding hydrogens is 350 g/mol. The van der Waals surface area contributed by atoms with Crippen molar-refractivity contribution in [2.24, 2.45) is 0 Å². The van der Waals surface area contributed by atoms with Crippen molar-refractivity contribution in [3.63, 3.8) is 0 Å². The van der Waals surface area contributed by atoms with Gasteiger partial charge in [-0.2, -0.15) is 9.50 Å². The van der Waals surface area contributed by atoms with Crippen LogP contribution in [-0.4, -0.2) is 28.8 Å². The van der Waals surface area contributed by atoms with Crippen molar-refractivity contribution in [3.8, 4) is 22.9 Å². The van der Waals surface area contributed by atoms with Gasteiger partial charge in [-0.1, -0.05) is 41.7 Å². The number of hydrogen-bond acceptors (Lipinski definition) is 6. The topological polar surface area (TPSA) is 65.7 Å². The Hall–Kier alpha value is -3.19. The number of ether oxygens (including phenoxy) is 2. The third-order valence-corrected chi connectivity index (χ3v) is 4.90. The van der Waals surface area contributed by atoms with Crippen molar-refractivity contribution in [2.45, 2.75) is 0 Å². The zero-order valence-electron chi connectivity index (χ0n) is 14.2. The van der Waals surface area contributed by atoms with E-state index in [9.17, 15) is 4.79 Å². The van der Waals surface area contributed by atoms with Crippen LogP contribution in [0.25, 0.3) is 22.4 Å². The molecule has 0 amide bonds. The number of fused-ring (bicyclic) bond motifs is 1. The molecule has 0 fully saturated rings. The molecule has 4 rings (SSSR count). The monoisotopic (exact) mass is 365 g/mol. The van der Waals surface area contributed by atoms with Gasteiger partial charge in [0.2, 0.25) is 4.96 Å². The van der Waals surface area contributed by atoms with Crippen LogP contribution in [0.3, 0.4) is 0 Å². The van der Waals surface area contributed by atoms with Gasteiger partial charge in [-0.25, -0.2) is 0 Å². The van der Waals surface area contributed by atoms with Crippen LogP contribution in [0, 0.1) is 0 Å². The summed E-state index contributed by atoms with van der Waals surface area (Å²) in [6, 6.07) is 15.0. The first-order valence-corrected chi connectivity index (χ1v) is 8.70.